The fraction of sp³-hybridized carbons (Fsp3) is 0.0690. The van der Waals surface area contributed by atoms with Crippen LogP contribution < -0.4 is 27.9 Å². The van der Waals surface area contributed by atoms with Crippen molar-refractivity contribution in [2.45, 2.75) is 26.5 Å². The fourth-order valence-corrected chi connectivity index (χ4v) is 24.9. The second-order valence-electron chi connectivity index (χ2n) is 19.4. The fourth-order valence-electron chi connectivity index (χ4n) is 14.5. The van der Waals surface area contributed by atoms with Gasteiger partial charge in [0, 0.05) is 0 Å². The van der Waals surface area contributed by atoms with Crippen molar-refractivity contribution in [1.29, 1.82) is 0 Å². The van der Waals surface area contributed by atoms with Crippen LogP contribution >= 0.6 is 0 Å². The monoisotopic (exact) mass is 845 g/mol. The van der Waals surface area contributed by atoms with Crippen molar-refractivity contribution in [3.05, 3.63) is 144 Å². The molecule has 0 bridgehead atoms. The summed E-state index contributed by atoms with van der Waals surface area (Å²) in [5.74, 6) is 2.80. The minimum atomic E-state index is -3.70. The van der Waals surface area contributed by atoms with Gasteiger partial charge < -0.3 is 0 Å². The number of aryl methyl sites for hydroxylation is 3. The van der Waals surface area contributed by atoms with Crippen LogP contribution in [0.15, 0.2) is 127 Å². The average molecular weight is 845 g/mol. The number of nitrogens with zero attached hydrogens (tertiary/aromatic N) is 3. The molecule has 0 fully saturated rings. The molecule has 6 aliphatic rings. The summed E-state index contributed by atoms with van der Waals surface area (Å²) in [5.41, 5.74) is 16.4. The number of anilines is 9. The summed E-state index contributed by atoms with van der Waals surface area (Å²) in [7, 11) is 0. The normalized spacial score (nSPS) is 15.8. The zero-order valence-corrected chi connectivity index (χ0v) is 36.6. The minimum absolute atomic E-state index is 1.32. The molecule has 284 valence electrons. The molecule has 0 N–H and O–H groups in total. The average Bonchev–Trinajstić information content (AvgIpc) is 3.29. The van der Waals surface area contributed by atoms with Crippen LogP contribution in [0.4, 0.5) is 51.2 Å². The Morgan fingerprint density at radius 2 is 0.581 bits per heavy atom. The van der Waals surface area contributed by atoms with Gasteiger partial charge in [-0.05, 0) is 0 Å². The van der Waals surface area contributed by atoms with E-state index >= 15 is 0 Å². The van der Waals surface area contributed by atoms with Crippen molar-refractivity contribution >= 4 is 175 Å². The third-order valence-corrected chi connectivity index (χ3v) is 26.3. The molecule has 0 amide bonds. The van der Waals surface area contributed by atoms with Gasteiger partial charge in [0.05, 0.1) is 0 Å². The molecule has 0 spiro atoms. The van der Waals surface area contributed by atoms with Crippen LogP contribution in [0.5, 0.6) is 0 Å². The number of rotatable bonds is 0. The van der Waals surface area contributed by atoms with Crippen molar-refractivity contribution < 1.29 is 0 Å². The summed E-state index contributed by atoms with van der Waals surface area (Å²) < 4.78 is 4.85. The molecule has 0 radical (unpaired) electrons. The quantitative estimate of drug-likeness (QED) is 0.111. The summed E-state index contributed by atoms with van der Waals surface area (Å²) in [5, 5.41) is 24.8. The molecule has 0 saturated heterocycles. The first-order valence-electron chi connectivity index (χ1n) is 22.2. The van der Waals surface area contributed by atoms with E-state index < -0.39 is 13.3 Å². The molecule has 0 unspecified atom stereocenters. The van der Waals surface area contributed by atoms with E-state index in [2.05, 4.69) is 169 Å². The van der Waals surface area contributed by atoms with Crippen LogP contribution in [0.1, 0.15) is 16.7 Å². The Bertz CT molecular complexity index is 4010. The van der Waals surface area contributed by atoms with E-state index in [0.717, 1.165) is 0 Å². The molecule has 0 saturated carbocycles. The van der Waals surface area contributed by atoms with Gasteiger partial charge >= 0.3 is 360 Å². The first kappa shape index (κ1) is 30.9. The van der Waals surface area contributed by atoms with Gasteiger partial charge in [0.25, 0.3) is 0 Å². The predicted octanol–water partition coefficient (Wildman–Crippen LogP) is 14.4. The SMILES string of the molecule is Cc1ccc2c3c1ccc1ccc4cc5[c]6c(c4c13)N2c1cc2ccc3ccc4c(C)ccc7c4c3c2c2[c]1[Ge]6([CH3])[c]1c(cc3ccc4ccc6c(C)ccc8c6c4c3c1N58)N27. The summed E-state index contributed by atoms with van der Waals surface area (Å²) in [6.45, 7) is 6.87. The van der Waals surface area contributed by atoms with Crippen molar-refractivity contribution in [3.8, 4) is 0 Å². The Labute approximate surface area is 357 Å². The van der Waals surface area contributed by atoms with Crippen LogP contribution in [-0.4, -0.2) is 13.3 Å². The first-order valence-corrected chi connectivity index (χ1v) is 27.4. The van der Waals surface area contributed by atoms with E-state index in [1.807, 2.05) is 0 Å². The van der Waals surface area contributed by atoms with E-state index in [0.29, 0.717) is 0 Å². The molecule has 6 heterocycles. The van der Waals surface area contributed by atoms with Gasteiger partial charge in [0.1, 0.15) is 0 Å². The third-order valence-electron chi connectivity index (χ3n) is 16.9. The van der Waals surface area contributed by atoms with Gasteiger partial charge in [-0.2, -0.15) is 0 Å². The number of fused-ring (bicyclic) bond motifs is 6. The van der Waals surface area contributed by atoms with Crippen LogP contribution in [0, 0.1) is 20.8 Å². The molecule has 62 heavy (non-hydrogen) atoms. The second-order valence-corrected chi connectivity index (χ2v) is 27.3. The van der Waals surface area contributed by atoms with Gasteiger partial charge in [-0.3, -0.25) is 0 Å². The number of benzene rings is 12. The van der Waals surface area contributed by atoms with Crippen LogP contribution in [0.2, 0.25) is 5.76 Å². The van der Waals surface area contributed by atoms with Gasteiger partial charge in [-0.1, -0.05) is 0 Å². The van der Waals surface area contributed by atoms with Gasteiger partial charge in [0.2, 0.25) is 0 Å². The summed E-state index contributed by atoms with van der Waals surface area (Å²) in [6.07, 6.45) is 0. The Hall–Kier alpha value is -7.08. The van der Waals surface area contributed by atoms with Gasteiger partial charge in [-0.25, -0.2) is 0 Å². The van der Waals surface area contributed by atoms with Gasteiger partial charge in [-0.15, -0.1) is 0 Å². The molecule has 0 aliphatic carbocycles. The molecule has 0 aromatic heterocycles. The van der Waals surface area contributed by atoms with Gasteiger partial charge in [0.15, 0.2) is 0 Å². The van der Waals surface area contributed by atoms with E-state index in [-0.39, 0.29) is 0 Å². The second kappa shape index (κ2) is 9.23. The predicted molar refractivity (Wildman–Crippen MR) is 267 cm³/mol. The maximum absolute atomic E-state index is 3.70. The zero-order valence-electron chi connectivity index (χ0n) is 34.5. The van der Waals surface area contributed by atoms with Crippen LogP contribution in [0.25, 0.3) is 97.0 Å². The van der Waals surface area contributed by atoms with Crippen LogP contribution in [-0.2, 0) is 0 Å². The molecular weight excluding hydrogens is 811 g/mol. The van der Waals surface area contributed by atoms with Crippen molar-refractivity contribution in [2.75, 3.05) is 14.7 Å². The molecular formula is C58H33GeN3. The summed E-state index contributed by atoms with van der Waals surface area (Å²) in [6, 6.07) is 51.1. The number of hydrogen-bond donors (Lipinski definition) is 0. The molecule has 12 aromatic carbocycles. The molecule has 18 rings (SSSR count). The van der Waals surface area contributed by atoms with Crippen molar-refractivity contribution in [3.63, 3.8) is 0 Å². The van der Waals surface area contributed by atoms with E-state index in [1.165, 1.54) is 165 Å². The maximum atomic E-state index is 2.80. The molecule has 0 atom stereocenters. The van der Waals surface area contributed by atoms with E-state index in [4.69, 9.17) is 0 Å². The summed E-state index contributed by atoms with van der Waals surface area (Å²) >= 11 is -3.70. The van der Waals surface area contributed by atoms with Crippen molar-refractivity contribution in [2.24, 2.45) is 0 Å². The topological polar surface area (TPSA) is 9.72 Å². The Kier molecular flexibility index (Phi) is 4.60. The van der Waals surface area contributed by atoms with E-state index in [1.54, 1.807) is 13.2 Å². The Morgan fingerprint density at radius 1 is 0.290 bits per heavy atom. The Morgan fingerprint density at radius 3 is 0.903 bits per heavy atom. The molecule has 4 heteroatoms. The standard InChI is InChI=1S/C58H33GeN3/c1-26-5-20-38-50-35(26)17-14-29-8-11-32-23-42-54-56(47(32)44(29)50)60(38)41-24-33-12-9-30-15-18-37-28(3)7-22-40-52(37)45(30)48(33)57-53(41)59(54,4)55-43(62(40)57)25-34-13-10-31-16-19-36-27(2)6-21-39-51(36)46(31)49(34)58(55)61(39)42/h5-25H,1-4H3. The molecule has 3 nitrogen and oxygen atoms in total. The molecule has 6 aliphatic heterocycles. The Balaban J connectivity index is 1.18. The molecule has 12 aromatic rings. The van der Waals surface area contributed by atoms with Crippen LogP contribution in [0.3, 0.4) is 0 Å². The number of hydrogen-bond acceptors (Lipinski definition) is 3. The van der Waals surface area contributed by atoms with E-state index in [9.17, 15) is 0 Å². The van der Waals surface area contributed by atoms with Crippen molar-refractivity contribution in [1.82, 2.24) is 0 Å². The first-order chi connectivity index (χ1) is 30.4. The summed E-state index contributed by atoms with van der Waals surface area (Å²) in [4.78, 5) is 8.33. The zero-order chi connectivity index (χ0) is 40.1. The third kappa shape index (κ3) is 2.85.